The summed E-state index contributed by atoms with van der Waals surface area (Å²) in [5, 5.41) is 12.8. The molecule has 0 unspecified atom stereocenters. The second kappa shape index (κ2) is 5.00. The highest BCUT2D eigenvalue weighted by Crippen LogP contribution is 2.27. The molecule has 0 aliphatic heterocycles. The molecular weight excluding hydrogens is 259 g/mol. The van der Waals surface area contributed by atoms with Crippen LogP contribution in [0.2, 0.25) is 10.0 Å². The smallest absolute Gasteiger partial charge is 0.145 e. The summed E-state index contributed by atoms with van der Waals surface area (Å²) in [6, 6.07) is 8.50. The number of nitriles is 1. The predicted molar refractivity (Wildman–Crippen MR) is 66.5 cm³/mol. The number of benzene rings is 1. The minimum Gasteiger partial charge on any atom is -0.339 e. The fourth-order valence-corrected chi connectivity index (χ4v) is 1.55. The minimum atomic E-state index is 0.278. The molecule has 0 radical (unpaired) electrons. The zero-order valence-electron chi connectivity index (χ0n) is 8.48. The van der Waals surface area contributed by atoms with Gasteiger partial charge in [-0.3, -0.25) is 0 Å². The summed E-state index contributed by atoms with van der Waals surface area (Å²) in [6.45, 7) is 0. The van der Waals surface area contributed by atoms with Gasteiger partial charge in [0.1, 0.15) is 23.9 Å². The SMILES string of the molecule is N#Cc1cc(Nc2cc(Cl)ccc2Cl)ncn1. The fraction of sp³-hybridized carbons (Fsp3) is 0. The highest BCUT2D eigenvalue weighted by molar-refractivity contribution is 6.35. The van der Waals surface area contributed by atoms with Crippen LogP contribution in [0.5, 0.6) is 0 Å². The maximum Gasteiger partial charge on any atom is 0.145 e. The Morgan fingerprint density at radius 2 is 2.00 bits per heavy atom. The fourth-order valence-electron chi connectivity index (χ4n) is 1.22. The van der Waals surface area contributed by atoms with Gasteiger partial charge in [0.2, 0.25) is 0 Å². The van der Waals surface area contributed by atoms with Gasteiger partial charge in [-0.2, -0.15) is 5.26 Å². The van der Waals surface area contributed by atoms with E-state index in [0.717, 1.165) is 0 Å². The van der Waals surface area contributed by atoms with Crippen molar-refractivity contribution in [3.05, 3.63) is 46.3 Å². The molecule has 1 aromatic heterocycles. The Morgan fingerprint density at radius 1 is 1.18 bits per heavy atom. The van der Waals surface area contributed by atoms with Crippen molar-refractivity contribution in [3.8, 4) is 6.07 Å². The molecule has 0 saturated carbocycles. The van der Waals surface area contributed by atoms with Crippen LogP contribution in [-0.2, 0) is 0 Å². The van der Waals surface area contributed by atoms with Crippen molar-refractivity contribution in [1.29, 1.82) is 5.26 Å². The van der Waals surface area contributed by atoms with Crippen molar-refractivity contribution in [3.63, 3.8) is 0 Å². The third-order valence-electron chi connectivity index (χ3n) is 1.97. The van der Waals surface area contributed by atoms with Crippen molar-refractivity contribution in [2.75, 3.05) is 5.32 Å². The first kappa shape index (κ1) is 11.6. The summed E-state index contributed by atoms with van der Waals surface area (Å²) < 4.78 is 0. The largest absolute Gasteiger partial charge is 0.339 e. The first-order valence-corrected chi connectivity index (χ1v) is 5.39. The second-order valence-corrected chi connectivity index (χ2v) is 3.99. The van der Waals surface area contributed by atoms with E-state index in [-0.39, 0.29) is 5.69 Å². The van der Waals surface area contributed by atoms with Crippen LogP contribution >= 0.6 is 23.2 Å². The number of aromatic nitrogens is 2. The second-order valence-electron chi connectivity index (χ2n) is 3.15. The van der Waals surface area contributed by atoms with Crippen LogP contribution < -0.4 is 5.32 Å². The molecule has 2 aromatic rings. The molecule has 0 atom stereocenters. The maximum atomic E-state index is 8.71. The van der Waals surface area contributed by atoms with Crippen molar-refractivity contribution < 1.29 is 0 Å². The molecule has 1 N–H and O–H groups in total. The van der Waals surface area contributed by atoms with Crippen LogP contribution in [0.4, 0.5) is 11.5 Å². The third kappa shape index (κ3) is 2.84. The summed E-state index contributed by atoms with van der Waals surface area (Å²) in [6.07, 6.45) is 1.30. The lowest BCUT2D eigenvalue weighted by atomic mass is 10.3. The first-order chi connectivity index (χ1) is 8.19. The Labute approximate surface area is 108 Å². The van der Waals surface area contributed by atoms with Gasteiger partial charge in [-0.1, -0.05) is 23.2 Å². The van der Waals surface area contributed by atoms with Gasteiger partial charge >= 0.3 is 0 Å². The number of halogens is 2. The molecule has 0 bridgehead atoms. The van der Waals surface area contributed by atoms with Crippen molar-refractivity contribution >= 4 is 34.7 Å². The number of rotatable bonds is 2. The summed E-state index contributed by atoms with van der Waals surface area (Å²) in [7, 11) is 0. The zero-order valence-corrected chi connectivity index (χ0v) is 10.00. The van der Waals surface area contributed by atoms with Gasteiger partial charge in [0.15, 0.2) is 0 Å². The molecule has 0 aliphatic carbocycles. The number of hydrogen-bond donors (Lipinski definition) is 1. The van der Waals surface area contributed by atoms with E-state index in [1.807, 2.05) is 6.07 Å². The molecule has 2 rings (SSSR count). The molecule has 84 valence electrons. The highest BCUT2D eigenvalue weighted by atomic mass is 35.5. The standard InChI is InChI=1S/C11H6Cl2N4/c12-7-1-2-9(13)10(3-7)17-11-4-8(5-14)15-6-16-11/h1-4,6H,(H,15,16,17). The normalized spacial score (nSPS) is 9.71. The predicted octanol–water partition coefficient (Wildman–Crippen LogP) is 3.40. The Balaban J connectivity index is 2.31. The van der Waals surface area contributed by atoms with Crippen LogP contribution in [0.25, 0.3) is 0 Å². The number of anilines is 2. The van der Waals surface area contributed by atoms with Crippen LogP contribution in [0.3, 0.4) is 0 Å². The van der Waals surface area contributed by atoms with Crippen LogP contribution in [0, 0.1) is 11.3 Å². The zero-order chi connectivity index (χ0) is 12.3. The average Bonchev–Trinajstić information content (AvgIpc) is 2.34. The summed E-state index contributed by atoms with van der Waals surface area (Å²) in [5.41, 5.74) is 0.905. The summed E-state index contributed by atoms with van der Waals surface area (Å²) in [4.78, 5) is 7.75. The van der Waals surface area contributed by atoms with E-state index in [1.54, 1.807) is 18.2 Å². The van der Waals surface area contributed by atoms with E-state index in [1.165, 1.54) is 12.4 Å². The van der Waals surface area contributed by atoms with Crippen molar-refractivity contribution in [1.82, 2.24) is 9.97 Å². The van der Waals surface area contributed by atoms with Gasteiger partial charge in [0.25, 0.3) is 0 Å². The van der Waals surface area contributed by atoms with Crippen molar-refractivity contribution in [2.45, 2.75) is 0 Å². The van der Waals surface area contributed by atoms with Crippen LogP contribution in [0.15, 0.2) is 30.6 Å². The lowest BCUT2D eigenvalue weighted by Crippen LogP contribution is -1.96. The number of nitrogens with one attached hydrogen (secondary N) is 1. The molecule has 17 heavy (non-hydrogen) atoms. The maximum absolute atomic E-state index is 8.71. The van der Waals surface area contributed by atoms with Gasteiger partial charge in [-0.05, 0) is 18.2 Å². The van der Waals surface area contributed by atoms with E-state index in [9.17, 15) is 0 Å². The van der Waals surface area contributed by atoms with Gasteiger partial charge < -0.3 is 5.32 Å². The monoisotopic (exact) mass is 264 g/mol. The highest BCUT2D eigenvalue weighted by Gasteiger charge is 2.03. The van der Waals surface area contributed by atoms with Gasteiger partial charge in [-0.25, -0.2) is 9.97 Å². The van der Waals surface area contributed by atoms with E-state index in [0.29, 0.717) is 21.6 Å². The number of hydrogen-bond acceptors (Lipinski definition) is 4. The lowest BCUT2D eigenvalue weighted by molar-refractivity contribution is 1.14. The van der Waals surface area contributed by atoms with Crippen molar-refractivity contribution in [2.24, 2.45) is 0 Å². The molecule has 0 saturated heterocycles. The molecule has 1 aromatic carbocycles. The van der Waals surface area contributed by atoms with Gasteiger partial charge in [-0.15, -0.1) is 0 Å². The lowest BCUT2D eigenvalue weighted by Gasteiger charge is -2.07. The Hall–Kier alpha value is -1.83. The quantitative estimate of drug-likeness (QED) is 0.903. The molecule has 0 amide bonds. The molecule has 6 heteroatoms. The molecular formula is C11H6Cl2N4. The molecule has 0 fully saturated rings. The first-order valence-electron chi connectivity index (χ1n) is 4.63. The van der Waals surface area contributed by atoms with Crippen LogP contribution in [-0.4, -0.2) is 9.97 Å². The van der Waals surface area contributed by atoms with E-state index in [2.05, 4.69) is 15.3 Å². The molecule has 0 spiro atoms. The Bertz CT molecular complexity index is 592. The summed E-state index contributed by atoms with van der Waals surface area (Å²) in [5.74, 6) is 0.487. The molecule has 0 aliphatic rings. The number of nitrogens with zero attached hydrogens (tertiary/aromatic N) is 3. The topological polar surface area (TPSA) is 61.6 Å². The van der Waals surface area contributed by atoms with E-state index < -0.39 is 0 Å². The van der Waals surface area contributed by atoms with E-state index >= 15 is 0 Å². The van der Waals surface area contributed by atoms with E-state index in [4.69, 9.17) is 28.5 Å². The van der Waals surface area contributed by atoms with Gasteiger partial charge in [0, 0.05) is 11.1 Å². The third-order valence-corrected chi connectivity index (χ3v) is 2.54. The van der Waals surface area contributed by atoms with Crippen LogP contribution in [0.1, 0.15) is 5.69 Å². The molecule has 4 nitrogen and oxygen atoms in total. The Kier molecular flexibility index (Phi) is 3.43. The van der Waals surface area contributed by atoms with Gasteiger partial charge in [0.05, 0.1) is 10.7 Å². The molecule has 1 heterocycles. The summed E-state index contributed by atoms with van der Waals surface area (Å²) >= 11 is 11.8. The minimum absolute atomic E-state index is 0.278. The average molecular weight is 265 g/mol. The Morgan fingerprint density at radius 3 is 2.76 bits per heavy atom.